The van der Waals surface area contributed by atoms with Gasteiger partial charge in [0.2, 0.25) is 0 Å². The highest BCUT2D eigenvalue weighted by atomic mass is 35.5. The summed E-state index contributed by atoms with van der Waals surface area (Å²) in [4.78, 5) is 11.4. The van der Waals surface area contributed by atoms with E-state index >= 15 is 0 Å². The van der Waals surface area contributed by atoms with Crippen molar-refractivity contribution >= 4 is 17.6 Å². The minimum Gasteiger partial charge on any atom is -0.493 e. The molecule has 0 aliphatic carbocycles. The highest BCUT2D eigenvalue weighted by Gasteiger charge is 2.20. The molecule has 1 N–H and O–H groups in total. The summed E-state index contributed by atoms with van der Waals surface area (Å²) >= 11 is 6.20. The molecule has 1 atom stereocenters. The molecule has 0 fully saturated rings. The maximum Gasteiger partial charge on any atom is 0.346 e. The first-order chi connectivity index (χ1) is 9.53. The summed E-state index contributed by atoms with van der Waals surface area (Å²) in [6.07, 6.45) is -0.758. The van der Waals surface area contributed by atoms with Gasteiger partial charge in [0.1, 0.15) is 0 Å². The van der Waals surface area contributed by atoms with Gasteiger partial charge in [0, 0.05) is 6.54 Å². The van der Waals surface area contributed by atoms with Crippen LogP contribution in [-0.4, -0.2) is 32.8 Å². The Kier molecular flexibility index (Phi) is 6.61. The van der Waals surface area contributed by atoms with Gasteiger partial charge in [-0.15, -0.1) is 0 Å². The van der Waals surface area contributed by atoms with Crippen LogP contribution in [-0.2, 0) is 16.1 Å². The van der Waals surface area contributed by atoms with Gasteiger partial charge in [-0.2, -0.15) is 0 Å². The zero-order valence-corrected chi connectivity index (χ0v) is 12.9. The van der Waals surface area contributed by atoms with E-state index in [1.807, 2.05) is 13.0 Å². The molecule has 0 heterocycles. The quantitative estimate of drug-likeness (QED) is 0.784. The van der Waals surface area contributed by atoms with Gasteiger partial charge in [-0.25, -0.2) is 4.79 Å². The Morgan fingerprint density at radius 3 is 2.65 bits per heavy atom. The zero-order chi connectivity index (χ0) is 15.1. The second-order valence-corrected chi connectivity index (χ2v) is 4.58. The fourth-order valence-electron chi connectivity index (χ4n) is 1.65. The molecule has 0 radical (unpaired) electrons. The molecule has 0 saturated carbocycles. The maximum atomic E-state index is 11.4. The van der Waals surface area contributed by atoms with Crippen molar-refractivity contribution in [1.29, 1.82) is 0 Å². The first-order valence-corrected chi connectivity index (χ1v) is 6.72. The van der Waals surface area contributed by atoms with Crippen molar-refractivity contribution < 1.29 is 19.0 Å². The summed E-state index contributed by atoms with van der Waals surface area (Å²) < 4.78 is 15.4. The molecule has 0 bridgehead atoms. The zero-order valence-electron chi connectivity index (χ0n) is 12.2. The molecular weight excluding hydrogens is 282 g/mol. The molecule has 0 aliphatic heterocycles. The fraction of sp³-hybridized carbons (Fsp3) is 0.500. The second kappa shape index (κ2) is 7.97. The van der Waals surface area contributed by atoms with Gasteiger partial charge in [0.15, 0.2) is 17.6 Å². The van der Waals surface area contributed by atoms with Crippen molar-refractivity contribution in [2.45, 2.75) is 26.5 Å². The SMILES string of the molecule is CCNCc1cc(Cl)c(OC(C)C(=O)OC)c(OC)c1. The van der Waals surface area contributed by atoms with Crippen LogP contribution in [0.2, 0.25) is 5.02 Å². The molecule has 1 unspecified atom stereocenters. The summed E-state index contributed by atoms with van der Waals surface area (Å²) in [6.45, 7) is 5.15. The molecule has 1 aromatic rings. The normalized spacial score (nSPS) is 11.8. The largest absolute Gasteiger partial charge is 0.493 e. The number of carbonyl (C=O) groups is 1. The number of hydrogen-bond donors (Lipinski definition) is 1. The maximum absolute atomic E-state index is 11.4. The smallest absolute Gasteiger partial charge is 0.346 e. The number of carbonyl (C=O) groups excluding carboxylic acids is 1. The molecule has 6 heteroatoms. The van der Waals surface area contributed by atoms with Crippen LogP contribution in [0.5, 0.6) is 11.5 Å². The van der Waals surface area contributed by atoms with E-state index in [0.717, 1.165) is 12.1 Å². The van der Waals surface area contributed by atoms with Crippen molar-refractivity contribution in [1.82, 2.24) is 5.32 Å². The fourth-order valence-corrected chi connectivity index (χ4v) is 1.93. The lowest BCUT2D eigenvalue weighted by atomic mass is 10.2. The van der Waals surface area contributed by atoms with Gasteiger partial charge in [-0.3, -0.25) is 0 Å². The molecule has 5 nitrogen and oxygen atoms in total. The number of rotatable bonds is 7. The number of ether oxygens (including phenoxy) is 3. The standard InChI is InChI=1S/C14H20ClNO4/c1-5-16-8-10-6-11(15)13(12(7-10)18-3)20-9(2)14(17)19-4/h6-7,9,16H,5,8H2,1-4H3. The van der Waals surface area contributed by atoms with Gasteiger partial charge in [0.05, 0.1) is 19.2 Å². The predicted molar refractivity (Wildman–Crippen MR) is 77.5 cm³/mol. The molecule has 0 aromatic heterocycles. The number of benzene rings is 1. The summed E-state index contributed by atoms with van der Waals surface area (Å²) in [5.41, 5.74) is 0.978. The number of halogens is 1. The molecular formula is C14H20ClNO4. The first kappa shape index (κ1) is 16.6. The third-order valence-corrected chi connectivity index (χ3v) is 2.98. The van der Waals surface area contributed by atoms with E-state index in [1.165, 1.54) is 14.2 Å². The molecule has 0 spiro atoms. The average molecular weight is 302 g/mol. The van der Waals surface area contributed by atoms with E-state index in [1.54, 1.807) is 13.0 Å². The molecule has 112 valence electrons. The lowest BCUT2D eigenvalue weighted by Gasteiger charge is -2.17. The first-order valence-electron chi connectivity index (χ1n) is 6.35. The van der Waals surface area contributed by atoms with E-state index in [9.17, 15) is 4.79 Å². The van der Waals surface area contributed by atoms with Crippen LogP contribution in [0, 0.1) is 0 Å². The van der Waals surface area contributed by atoms with Crippen LogP contribution in [0.15, 0.2) is 12.1 Å². The van der Waals surface area contributed by atoms with Gasteiger partial charge in [0.25, 0.3) is 0 Å². The van der Waals surface area contributed by atoms with Crippen molar-refractivity contribution in [2.24, 2.45) is 0 Å². The Balaban J connectivity index is 2.98. The third kappa shape index (κ3) is 4.28. The van der Waals surface area contributed by atoms with Gasteiger partial charge < -0.3 is 19.5 Å². The van der Waals surface area contributed by atoms with E-state index in [-0.39, 0.29) is 0 Å². The van der Waals surface area contributed by atoms with E-state index in [2.05, 4.69) is 10.1 Å². The lowest BCUT2D eigenvalue weighted by Crippen LogP contribution is -2.25. The molecule has 0 aliphatic rings. The molecule has 20 heavy (non-hydrogen) atoms. The van der Waals surface area contributed by atoms with E-state index < -0.39 is 12.1 Å². The van der Waals surface area contributed by atoms with Crippen LogP contribution >= 0.6 is 11.6 Å². The van der Waals surface area contributed by atoms with Gasteiger partial charge in [-0.1, -0.05) is 18.5 Å². The Morgan fingerprint density at radius 1 is 1.40 bits per heavy atom. The van der Waals surface area contributed by atoms with Crippen molar-refractivity contribution in [3.8, 4) is 11.5 Å². The van der Waals surface area contributed by atoms with Gasteiger partial charge in [-0.05, 0) is 31.2 Å². The number of nitrogens with one attached hydrogen (secondary N) is 1. The van der Waals surface area contributed by atoms with Crippen LogP contribution in [0.1, 0.15) is 19.4 Å². The lowest BCUT2D eigenvalue weighted by molar-refractivity contribution is -0.147. The molecule has 0 amide bonds. The van der Waals surface area contributed by atoms with E-state index in [0.29, 0.717) is 23.1 Å². The van der Waals surface area contributed by atoms with Crippen LogP contribution in [0.3, 0.4) is 0 Å². The number of methoxy groups -OCH3 is 2. The average Bonchev–Trinajstić information content (AvgIpc) is 2.46. The van der Waals surface area contributed by atoms with Crippen LogP contribution < -0.4 is 14.8 Å². The topological polar surface area (TPSA) is 56.8 Å². The summed E-state index contributed by atoms with van der Waals surface area (Å²) in [5.74, 6) is 0.355. The third-order valence-electron chi connectivity index (χ3n) is 2.70. The highest BCUT2D eigenvalue weighted by molar-refractivity contribution is 6.32. The Morgan fingerprint density at radius 2 is 2.10 bits per heavy atom. The number of hydrogen-bond acceptors (Lipinski definition) is 5. The van der Waals surface area contributed by atoms with Crippen molar-refractivity contribution in [3.63, 3.8) is 0 Å². The predicted octanol–water partition coefficient (Wildman–Crippen LogP) is 2.40. The molecule has 0 saturated heterocycles. The monoisotopic (exact) mass is 301 g/mol. The second-order valence-electron chi connectivity index (χ2n) is 4.17. The minimum absolute atomic E-state index is 0.340. The Hall–Kier alpha value is -1.46. The molecule has 1 aromatic carbocycles. The summed E-state index contributed by atoms with van der Waals surface area (Å²) in [7, 11) is 2.83. The Bertz CT molecular complexity index is 465. The highest BCUT2D eigenvalue weighted by Crippen LogP contribution is 2.37. The van der Waals surface area contributed by atoms with Gasteiger partial charge >= 0.3 is 5.97 Å². The van der Waals surface area contributed by atoms with Crippen LogP contribution in [0.4, 0.5) is 0 Å². The van der Waals surface area contributed by atoms with Crippen molar-refractivity contribution in [3.05, 3.63) is 22.7 Å². The minimum atomic E-state index is -0.758. The van der Waals surface area contributed by atoms with Crippen molar-refractivity contribution in [2.75, 3.05) is 20.8 Å². The summed E-state index contributed by atoms with van der Waals surface area (Å²) in [6, 6.07) is 3.61. The summed E-state index contributed by atoms with van der Waals surface area (Å²) in [5, 5.41) is 3.60. The number of esters is 1. The molecule has 1 rings (SSSR count). The van der Waals surface area contributed by atoms with Crippen LogP contribution in [0.25, 0.3) is 0 Å². The van der Waals surface area contributed by atoms with E-state index in [4.69, 9.17) is 21.1 Å². The Labute approximate surface area is 124 Å².